The maximum Gasteiger partial charge on any atom is 0.123 e. The lowest BCUT2D eigenvalue weighted by molar-refractivity contribution is 0.317. The Bertz CT molecular complexity index is 324. The van der Waals surface area contributed by atoms with Crippen molar-refractivity contribution in [2.45, 2.75) is 25.7 Å². The average molecular weight is 207 g/mol. The number of nitrogens with one attached hydrogen (secondary N) is 1. The molecule has 2 heteroatoms. The monoisotopic (exact) mass is 207 g/mol. The van der Waals surface area contributed by atoms with Crippen molar-refractivity contribution in [2.75, 3.05) is 13.1 Å². The third-order valence-electron chi connectivity index (χ3n) is 3.41. The van der Waals surface area contributed by atoms with Gasteiger partial charge in [0.25, 0.3) is 0 Å². The van der Waals surface area contributed by atoms with Gasteiger partial charge in [-0.05, 0) is 49.0 Å². The number of rotatable bonds is 2. The molecule has 1 nitrogen and oxygen atoms in total. The van der Waals surface area contributed by atoms with Crippen LogP contribution in [0.4, 0.5) is 4.39 Å². The van der Waals surface area contributed by atoms with Crippen LogP contribution in [-0.4, -0.2) is 13.1 Å². The van der Waals surface area contributed by atoms with Gasteiger partial charge in [0.15, 0.2) is 0 Å². The largest absolute Gasteiger partial charge is 0.316 e. The van der Waals surface area contributed by atoms with E-state index >= 15 is 0 Å². The summed E-state index contributed by atoms with van der Waals surface area (Å²) in [4.78, 5) is 0. The maximum absolute atomic E-state index is 13.1. The van der Waals surface area contributed by atoms with Crippen molar-refractivity contribution in [1.82, 2.24) is 5.32 Å². The minimum absolute atomic E-state index is 0.110. The third kappa shape index (κ3) is 2.37. The zero-order valence-corrected chi connectivity index (χ0v) is 9.17. The Morgan fingerprint density at radius 2 is 2.33 bits per heavy atom. The first-order valence-electron chi connectivity index (χ1n) is 5.77. The fraction of sp³-hybridized carbons (Fsp3) is 0.538. The Morgan fingerprint density at radius 3 is 3.07 bits per heavy atom. The Morgan fingerprint density at radius 1 is 1.47 bits per heavy atom. The van der Waals surface area contributed by atoms with Crippen molar-refractivity contribution in [1.29, 1.82) is 0 Å². The molecular weight excluding hydrogens is 189 g/mol. The van der Waals surface area contributed by atoms with Crippen LogP contribution in [0, 0.1) is 11.7 Å². The molecule has 0 radical (unpaired) electrons. The molecule has 2 unspecified atom stereocenters. The highest BCUT2D eigenvalue weighted by Gasteiger charge is 2.24. The molecule has 1 aliphatic rings. The van der Waals surface area contributed by atoms with Gasteiger partial charge in [0, 0.05) is 0 Å². The molecule has 0 aliphatic carbocycles. The van der Waals surface area contributed by atoms with E-state index in [1.54, 1.807) is 6.07 Å². The zero-order chi connectivity index (χ0) is 10.7. The normalized spacial score (nSPS) is 26.5. The van der Waals surface area contributed by atoms with Gasteiger partial charge in [-0.2, -0.15) is 0 Å². The number of hydrogen-bond donors (Lipinski definition) is 1. The zero-order valence-electron chi connectivity index (χ0n) is 9.17. The second kappa shape index (κ2) is 4.75. The van der Waals surface area contributed by atoms with Crippen molar-refractivity contribution >= 4 is 0 Å². The maximum atomic E-state index is 13.1. The molecule has 0 aromatic heterocycles. The first kappa shape index (κ1) is 10.6. The Labute approximate surface area is 90.7 Å². The molecule has 0 spiro atoms. The summed E-state index contributed by atoms with van der Waals surface area (Å²) in [6, 6.07) is 7.09. The lowest BCUT2D eigenvalue weighted by Crippen LogP contribution is -2.35. The van der Waals surface area contributed by atoms with Gasteiger partial charge in [0.2, 0.25) is 0 Å². The van der Waals surface area contributed by atoms with E-state index in [1.807, 2.05) is 6.07 Å². The topological polar surface area (TPSA) is 12.0 Å². The highest BCUT2D eigenvalue weighted by molar-refractivity contribution is 5.22. The van der Waals surface area contributed by atoms with Gasteiger partial charge >= 0.3 is 0 Å². The molecular formula is C13H18FN. The predicted octanol–water partition coefficient (Wildman–Crippen LogP) is 2.93. The summed E-state index contributed by atoms with van der Waals surface area (Å²) in [6.45, 7) is 4.33. The van der Waals surface area contributed by atoms with Crippen molar-refractivity contribution in [3.8, 4) is 0 Å². The Kier molecular flexibility index (Phi) is 3.37. The lowest BCUT2D eigenvalue weighted by atomic mass is 9.80. The molecule has 0 saturated carbocycles. The minimum atomic E-state index is -0.110. The van der Waals surface area contributed by atoms with Gasteiger partial charge in [0.1, 0.15) is 5.82 Å². The van der Waals surface area contributed by atoms with E-state index in [0.717, 1.165) is 25.9 Å². The van der Waals surface area contributed by atoms with E-state index in [4.69, 9.17) is 0 Å². The van der Waals surface area contributed by atoms with Crippen molar-refractivity contribution in [3.05, 3.63) is 35.6 Å². The number of halogens is 1. The number of benzene rings is 1. The van der Waals surface area contributed by atoms with Crippen LogP contribution >= 0.6 is 0 Å². The van der Waals surface area contributed by atoms with Crippen LogP contribution < -0.4 is 5.32 Å². The van der Waals surface area contributed by atoms with Gasteiger partial charge < -0.3 is 5.32 Å². The Balaban J connectivity index is 2.20. The molecule has 2 rings (SSSR count). The molecule has 1 saturated heterocycles. The van der Waals surface area contributed by atoms with Crippen molar-refractivity contribution in [2.24, 2.45) is 5.92 Å². The van der Waals surface area contributed by atoms with Crippen molar-refractivity contribution in [3.63, 3.8) is 0 Å². The van der Waals surface area contributed by atoms with Gasteiger partial charge in [-0.3, -0.25) is 0 Å². The lowest BCUT2D eigenvalue weighted by Gasteiger charge is -2.31. The van der Waals surface area contributed by atoms with E-state index < -0.39 is 0 Å². The van der Waals surface area contributed by atoms with E-state index in [2.05, 4.69) is 18.3 Å². The molecule has 15 heavy (non-hydrogen) atoms. The van der Waals surface area contributed by atoms with E-state index in [1.165, 1.54) is 11.6 Å². The van der Waals surface area contributed by atoms with Crippen molar-refractivity contribution < 1.29 is 4.39 Å². The standard InChI is InChI=1S/C13H18FN/c1-2-10-9-15-7-6-13(10)11-4-3-5-12(14)8-11/h3-5,8,10,13,15H,2,6-7,9H2,1H3. The van der Waals surface area contributed by atoms with Gasteiger partial charge in [-0.15, -0.1) is 0 Å². The van der Waals surface area contributed by atoms with Crippen LogP contribution in [0.2, 0.25) is 0 Å². The van der Waals surface area contributed by atoms with Crippen LogP contribution in [0.25, 0.3) is 0 Å². The van der Waals surface area contributed by atoms with Gasteiger partial charge in [-0.25, -0.2) is 4.39 Å². The molecule has 2 atom stereocenters. The fourth-order valence-electron chi connectivity index (χ4n) is 2.53. The highest BCUT2D eigenvalue weighted by atomic mass is 19.1. The van der Waals surface area contributed by atoms with Gasteiger partial charge in [-0.1, -0.05) is 25.5 Å². The first-order chi connectivity index (χ1) is 7.31. The molecule has 0 bridgehead atoms. The molecule has 1 aromatic rings. The third-order valence-corrected chi connectivity index (χ3v) is 3.41. The van der Waals surface area contributed by atoms with Crippen LogP contribution in [0.5, 0.6) is 0 Å². The molecule has 1 aromatic carbocycles. The van der Waals surface area contributed by atoms with E-state index in [-0.39, 0.29) is 5.82 Å². The first-order valence-corrected chi connectivity index (χ1v) is 5.77. The number of piperidine rings is 1. The fourth-order valence-corrected chi connectivity index (χ4v) is 2.53. The summed E-state index contributed by atoms with van der Waals surface area (Å²) in [5.74, 6) is 1.08. The smallest absolute Gasteiger partial charge is 0.123 e. The summed E-state index contributed by atoms with van der Waals surface area (Å²) in [5.41, 5.74) is 1.17. The quantitative estimate of drug-likeness (QED) is 0.786. The van der Waals surface area contributed by atoms with Gasteiger partial charge in [0.05, 0.1) is 0 Å². The van der Waals surface area contributed by atoms with Crippen LogP contribution in [0.15, 0.2) is 24.3 Å². The summed E-state index contributed by atoms with van der Waals surface area (Å²) in [5, 5.41) is 3.41. The molecule has 0 amide bonds. The van der Waals surface area contributed by atoms with Crippen LogP contribution in [0.1, 0.15) is 31.2 Å². The van der Waals surface area contributed by atoms with Crippen LogP contribution in [0.3, 0.4) is 0 Å². The van der Waals surface area contributed by atoms with E-state index in [0.29, 0.717) is 11.8 Å². The average Bonchev–Trinajstić information content (AvgIpc) is 2.29. The second-order valence-electron chi connectivity index (χ2n) is 4.32. The molecule has 1 N–H and O–H groups in total. The van der Waals surface area contributed by atoms with E-state index in [9.17, 15) is 4.39 Å². The predicted molar refractivity (Wildman–Crippen MR) is 60.4 cm³/mol. The second-order valence-corrected chi connectivity index (χ2v) is 4.32. The Hall–Kier alpha value is -0.890. The summed E-state index contributed by atoms with van der Waals surface area (Å²) in [7, 11) is 0. The summed E-state index contributed by atoms with van der Waals surface area (Å²) < 4.78 is 13.1. The van der Waals surface area contributed by atoms with Crippen LogP contribution in [-0.2, 0) is 0 Å². The molecule has 1 heterocycles. The highest BCUT2D eigenvalue weighted by Crippen LogP contribution is 2.32. The number of hydrogen-bond acceptors (Lipinski definition) is 1. The minimum Gasteiger partial charge on any atom is -0.316 e. The summed E-state index contributed by atoms with van der Waals surface area (Å²) >= 11 is 0. The molecule has 82 valence electrons. The molecule has 1 aliphatic heterocycles. The summed E-state index contributed by atoms with van der Waals surface area (Å²) in [6.07, 6.45) is 2.29. The molecule has 1 fully saturated rings. The SMILES string of the molecule is CCC1CNCCC1c1cccc(F)c1.